The van der Waals surface area contributed by atoms with Crippen LogP contribution in [0.4, 0.5) is 0 Å². The smallest absolute Gasteiger partial charge is 0.284 e. The second-order valence-electron chi connectivity index (χ2n) is 7.57. The highest BCUT2D eigenvalue weighted by Gasteiger charge is 2.23. The number of para-hydroxylation sites is 2. The Morgan fingerprint density at radius 2 is 0.853 bits per heavy atom. The minimum absolute atomic E-state index is 0.308. The summed E-state index contributed by atoms with van der Waals surface area (Å²) in [4.78, 5) is 9.53. The number of aromatic nitrogens is 2. The van der Waals surface area contributed by atoms with E-state index >= 15 is 0 Å². The van der Waals surface area contributed by atoms with Crippen LogP contribution in [0.25, 0.3) is 11.0 Å². The number of hydrogen-bond acceptors (Lipinski definition) is 4. The van der Waals surface area contributed by atoms with E-state index in [-0.39, 0.29) is 0 Å². The number of benzene rings is 4. The third-order valence-electron chi connectivity index (χ3n) is 5.25. The Bertz CT molecular complexity index is 1530. The van der Waals surface area contributed by atoms with Crippen molar-refractivity contribution in [2.75, 3.05) is 0 Å². The first kappa shape index (κ1) is 19.6. The zero-order valence-corrected chi connectivity index (χ0v) is 17.9. The van der Waals surface area contributed by atoms with Gasteiger partial charge in [-0.15, -0.1) is 0 Å². The molecule has 0 saturated heterocycles. The fourth-order valence-electron chi connectivity index (χ4n) is 3.59. The summed E-state index contributed by atoms with van der Waals surface area (Å²) in [6, 6.07) is 30.9. The van der Waals surface area contributed by atoms with E-state index in [0.29, 0.717) is 34.3 Å². The van der Waals surface area contributed by atoms with Crippen molar-refractivity contribution in [1.29, 1.82) is 0 Å². The number of rotatable bonds is 0. The zero-order valence-electron chi connectivity index (χ0n) is 17.9. The molecule has 0 N–H and O–H groups in total. The topological polar surface area (TPSA) is 44.2 Å². The van der Waals surface area contributed by atoms with Crippen LogP contribution in [0.1, 0.15) is 22.3 Å². The van der Waals surface area contributed by atoms with Crippen LogP contribution in [0.15, 0.2) is 97.1 Å². The SMILES string of the molecule is C(#Cc1ccc(C#Cc2ccccc2)c2nc3c(nc12)Oc1ccccc1O3)c1ccccc1. The third kappa shape index (κ3) is 3.81. The summed E-state index contributed by atoms with van der Waals surface area (Å²) in [7, 11) is 0. The predicted octanol–water partition coefficient (Wildman–Crippen LogP) is 6.33. The van der Waals surface area contributed by atoms with Gasteiger partial charge in [0.15, 0.2) is 11.5 Å². The quantitative estimate of drug-likeness (QED) is 0.261. The molecule has 0 amide bonds. The van der Waals surface area contributed by atoms with Crippen molar-refractivity contribution in [3.63, 3.8) is 0 Å². The molecular weight excluding hydrogens is 420 g/mol. The van der Waals surface area contributed by atoms with E-state index in [2.05, 4.69) is 23.7 Å². The molecule has 2 heterocycles. The lowest BCUT2D eigenvalue weighted by Gasteiger charge is -2.19. The second kappa shape index (κ2) is 8.47. The van der Waals surface area contributed by atoms with Crippen molar-refractivity contribution in [3.8, 4) is 46.9 Å². The maximum absolute atomic E-state index is 5.99. The van der Waals surface area contributed by atoms with Crippen LogP contribution in [0.5, 0.6) is 23.3 Å². The van der Waals surface area contributed by atoms with E-state index in [1.54, 1.807) is 0 Å². The van der Waals surface area contributed by atoms with Crippen LogP contribution in [0.2, 0.25) is 0 Å². The van der Waals surface area contributed by atoms with Crippen LogP contribution in [0, 0.1) is 23.7 Å². The lowest BCUT2D eigenvalue weighted by atomic mass is 10.1. The van der Waals surface area contributed by atoms with Crippen molar-refractivity contribution >= 4 is 11.0 Å². The average Bonchev–Trinajstić information content (AvgIpc) is 2.90. The normalized spacial score (nSPS) is 10.9. The van der Waals surface area contributed by atoms with Gasteiger partial charge in [0.2, 0.25) is 0 Å². The van der Waals surface area contributed by atoms with Gasteiger partial charge in [-0.3, -0.25) is 0 Å². The molecule has 158 valence electrons. The molecule has 0 fully saturated rings. The van der Waals surface area contributed by atoms with Crippen LogP contribution < -0.4 is 9.47 Å². The number of hydrogen-bond donors (Lipinski definition) is 0. The van der Waals surface area contributed by atoms with Crippen molar-refractivity contribution < 1.29 is 9.47 Å². The highest BCUT2D eigenvalue weighted by Crippen LogP contribution is 2.43. The summed E-state index contributed by atoms with van der Waals surface area (Å²) in [5.74, 6) is 14.7. The molecule has 1 aliphatic heterocycles. The molecular formula is C30H16N2O2. The highest BCUT2D eigenvalue weighted by molar-refractivity contribution is 5.88. The molecule has 0 aliphatic carbocycles. The maximum Gasteiger partial charge on any atom is 0.284 e. The molecule has 6 rings (SSSR count). The standard InChI is InChI=1S/C30H16N2O2/c1-3-9-21(10-4-1)15-17-23-19-20-24(18-16-22-11-5-2-6-12-22)28-27(23)31-29-30(32-28)34-26-14-8-7-13-25(26)33-29/h1-14,19-20H. The Morgan fingerprint density at radius 1 is 0.441 bits per heavy atom. The fraction of sp³-hybridized carbons (Fsp3) is 0. The lowest BCUT2D eigenvalue weighted by Crippen LogP contribution is -2.04. The fourth-order valence-corrected chi connectivity index (χ4v) is 3.59. The van der Waals surface area contributed by atoms with E-state index < -0.39 is 0 Å². The Labute approximate surface area is 196 Å². The molecule has 0 spiro atoms. The van der Waals surface area contributed by atoms with Gasteiger partial charge in [0.1, 0.15) is 11.0 Å². The molecule has 0 atom stereocenters. The van der Waals surface area contributed by atoms with E-state index in [4.69, 9.17) is 19.4 Å². The molecule has 1 aliphatic rings. The van der Waals surface area contributed by atoms with Crippen LogP contribution >= 0.6 is 0 Å². The van der Waals surface area contributed by atoms with Crippen molar-refractivity contribution in [3.05, 3.63) is 119 Å². The highest BCUT2D eigenvalue weighted by atomic mass is 16.6. The summed E-state index contributed by atoms with van der Waals surface area (Å²) >= 11 is 0. The van der Waals surface area contributed by atoms with Gasteiger partial charge < -0.3 is 9.47 Å². The van der Waals surface area contributed by atoms with Crippen molar-refractivity contribution in [2.24, 2.45) is 0 Å². The molecule has 0 radical (unpaired) electrons. The molecule has 4 heteroatoms. The minimum Gasteiger partial charge on any atom is -0.431 e. The van der Waals surface area contributed by atoms with E-state index in [9.17, 15) is 0 Å². The lowest BCUT2D eigenvalue weighted by molar-refractivity contribution is 0.339. The second-order valence-corrected chi connectivity index (χ2v) is 7.57. The van der Waals surface area contributed by atoms with Gasteiger partial charge in [-0.2, -0.15) is 0 Å². The first-order valence-corrected chi connectivity index (χ1v) is 10.8. The molecule has 0 unspecified atom stereocenters. The summed E-state index contributed by atoms with van der Waals surface area (Å²) < 4.78 is 12.0. The summed E-state index contributed by atoms with van der Waals surface area (Å²) in [5.41, 5.74) is 4.55. The van der Waals surface area contributed by atoms with Gasteiger partial charge in [-0.1, -0.05) is 72.2 Å². The van der Waals surface area contributed by atoms with E-state index in [1.807, 2.05) is 97.1 Å². The molecule has 0 saturated carbocycles. The average molecular weight is 436 g/mol. The molecule has 0 bridgehead atoms. The maximum atomic E-state index is 5.99. The van der Waals surface area contributed by atoms with Crippen LogP contribution in [0.3, 0.4) is 0 Å². The van der Waals surface area contributed by atoms with Crippen LogP contribution in [-0.4, -0.2) is 9.97 Å². The molecule has 5 aromatic rings. The molecule has 34 heavy (non-hydrogen) atoms. The van der Waals surface area contributed by atoms with Gasteiger partial charge in [0.05, 0.1) is 11.1 Å². The predicted molar refractivity (Wildman–Crippen MR) is 131 cm³/mol. The number of nitrogens with zero attached hydrogens (tertiary/aromatic N) is 2. The van der Waals surface area contributed by atoms with E-state index in [1.165, 1.54) is 0 Å². The third-order valence-corrected chi connectivity index (χ3v) is 5.25. The van der Waals surface area contributed by atoms with Crippen LogP contribution in [-0.2, 0) is 0 Å². The molecule has 1 aromatic heterocycles. The van der Waals surface area contributed by atoms with Crippen molar-refractivity contribution in [1.82, 2.24) is 9.97 Å². The monoisotopic (exact) mass is 436 g/mol. The summed E-state index contributed by atoms with van der Waals surface area (Å²) in [6.45, 7) is 0. The van der Waals surface area contributed by atoms with Gasteiger partial charge in [0, 0.05) is 11.1 Å². The Kier molecular flexibility index (Phi) is 4.88. The first-order chi connectivity index (χ1) is 16.8. The number of fused-ring (bicyclic) bond motifs is 3. The van der Waals surface area contributed by atoms with Gasteiger partial charge in [0.25, 0.3) is 11.8 Å². The Balaban J connectivity index is 1.51. The van der Waals surface area contributed by atoms with Gasteiger partial charge in [-0.25, -0.2) is 9.97 Å². The Morgan fingerprint density at radius 3 is 1.29 bits per heavy atom. The first-order valence-electron chi connectivity index (χ1n) is 10.8. The zero-order chi connectivity index (χ0) is 22.7. The Hall–Kier alpha value is -5.06. The molecule has 4 aromatic carbocycles. The minimum atomic E-state index is 0.308. The summed E-state index contributed by atoms with van der Waals surface area (Å²) in [5, 5.41) is 0. The summed E-state index contributed by atoms with van der Waals surface area (Å²) in [6.07, 6.45) is 0. The van der Waals surface area contributed by atoms with Gasteiger partial charge >= 0.3 is 0 Å². The molecule has 4 nitrogen and oxygen atoms in total. The van der Waals surface area contributed by atoms with Crippen molar-refractivity contribution in [2.45, 2.75) is 0 Å². The van der Waals surface area contributed by atoms with E-state index in [0.717, 1.165) is 22.3 Å². The number of ether oxygens (including phenoxy) is 2. The largest absolute Gasteiger partial charge is 0.431 e. The van der Waals surface area contributed by atoms with Gasteiger partial charge in [-0.05, 0) is 48.5 Å².